The molecule has 0 heterocycles. The molecule has 69 valence electrons. The lowest BCUT2D eigenvalue weighted by molar-refractivity contribution is -0.909. The van der Waals surface area contributed by atoms with Crippen LogP contribution in [0.25, 0.3) is 0 Å². The van der Waals surface area contributed by atoms with E-state index in [9.17, 15) is 4.79 Å². The Balaban J connectivity index is 4.11. The quantitative estimate of drug-likeness (QED) is 0.274. The zero-order chi connectivity index (χ0) is 9.94. The minimum atomic E-state index is -0.394. The van der Waals surface area contributed by atoms with E-state index in [4.69, 9.17) is 4.74 Å². The summed E-state index contributed by atoms with van der Waals surface area (Å²) in [7, 11) is 5.72. The van der Waals surface area contributed by atoms with Crippen molar-refractivity contribution in [1.29, 1.82) is 0 Å². The number of hydrogen-bond donors (Lipinski definition) is 0. The van der Waals surface area contributed by atoms with Crippen molar-refractivity contribution in [1.82, 2.24) is 0 Å². The number of rotatable bonds is 3. The largest absolute Gasteiger partial charge is 0.409 e. The van der Waals surface area contributed by atoms with Gasteiger partial charge in [-0.25, -0.2) is 4.79 Å². The Bertz CT molecular complexity index is 191. The summed E-state index contributed by atoms with van der Waals surface area (Å²) in [6.45, 7) is 8.82. The van der Waals surface area contributed by atoms with Crippen LogP contribution in [0.1, 0.15) is 6.92 Å². The van der Waals surface area contributed by atoms with Crippen LogP contribution in [0.2, 0.25) is 0 Å². The van der Waals surface area contributed by atoms with Gasteiger partial charge in [-0.2, -0.15) is 0 Å². The van der Waals surface area contributed by atoms with Crippen molar-refractivity contribution in [2.24, 2.45) is 0 Å². The van der Waals surface area contributed by atoms with E-state index in [1.54, 1.807) is 6.92 Å². The van der Waals surface area contributed by atoms with Gasteiger partial charge in [-0.05, 0) is 6.92 Å². The van der Waals surface area contributed by atoms with Crippen molar-refractivity contribution in [2.75, 3.05) is 21.1 Å². The first-order valence-corrected chi connectivity index (χ1v) is 3.76. The second-order valence-electron chi connectivity index (χ2n) is 3.76. The Kier molecular flexibility index (Phi) is 3.46. The number of quaternary nitrogens is 1. The molecule has 3 nitrogen and oxygen atoms in total. The summed E-state index contributed by atoms with van der Waals surface area (Å²) in [6.07, 6.45) is -0.394. The zero-order valence-corrected chi connectivity index (χ0v) is 8.26. The third kappa shape index (κ3) is 3.53. The molecule has 0 aliphatic carbocycles. The van der Waals surface area contributed by atoms with Crippen LogP contribution in [0.5, 0.6) is 0 Å². The van der Waals surface area contributed by atoms with Gasteiger partial charge in [0.2, 0.25) is 6.23 Å². The molecule has 0 aromatic heterocycles. The Morgan fingerprint density at radius 1 is 1.42 bits per heavy atom. The fraction of sp³-hybridized carbons (Fsp3) is 0.556. The van der Waals surface area contributed by atoms with Crippen LogP contribution < -0.4 is 0 Å². The molecule has 1 unspecified atom stereocenters. The summed E-state index contributed by atoms with van der Waals surface area (Å²) in [6, 6.07) is 0. The van der Waals surface area contributed by atoms with E-state index < -0.39 is 6.23 Å². The van der Waals surface area contributed by atoms with Crippen molar-refractivity contribution in [3.63, 3.8) is 0 Å². The SMILES string of the molecule is [CH2]C(OC(=O)C(=C)C)[N+](C)(C)C. The maximum absolute atomic E-state index is 11.0. The van der Waals surface area contributed by atoms with Crippen LogP contribution >= 0.6 is 0 Å². The average Bonchev–Trinajstić information content (AvgIpc) is 1.85. The first kappa shape index (κ1) is 11.2. The second kappa shape index (κ2) is 3.72. The molecule has 0 N–H and O–H groups in total. The monoisotopic (exact) mass is 171 g/mol. The molecule has 0 saturated heterocycles. The highest BCUT2D eigenvalue weighted by molar-refractivity contribution is 5.87. The van der Waals surface area contributed by atoms with Crippen molar-refractivity contribution in [3.05, 3.63) is 19.1 Å². The molecule has 3 heteroatoms. The summed E-state index contributed by atoms with van der Waals surface area (Å²) in [4.78, 5) is 11.0. The molecular weight excluding hydrogens is 154 g/mol. The number of hydrogen-bond acceptors (Lipinski definition) is 2. The lowest BCUT2D eigenvalue weighted by atomic mass is 10.3. The first-order chi connectivity index (χ1) is 5.25. The molecule has 0 amide bonds. The van der Waals surface area contributed by atoms with Crippen LogP contribution in [-0.4, -0.2) is 37.8 Å². The van der Waals surface area contributed by atoms with Crippen molar-refractivity contribution in [2.45, 2.75) is 13.2 Å². The predicted octanol–water partition coefficient (Wildman–Crippen LogP) is 0.972. The van der Waals surface area contributed by atoms with E-state index in [0.717, 1.165) is 0 Å². The van der Waals surface area contributed by atoms with Gasteiger partial charge in [-0.1, -0.05) is 6.58 Å². The maximum Gasteiger partial charge on any atom is 0.337 e. The van der Waals surface area contributed by atoms with Gasteiger partial charge >= 0.3 is 5.97 Å². The number of carbonyl (C=O) groups excluding carboxylic acids is 1. The van der Waals surface area contributed by atoms with Gasteiger partial charge in [0.15, 0.2) is 0 Å². The van der Waals surface area contributed by atoms with Crippen molar-refractivity contribution >= 4 is 5.97 Å². The van der Waals surface area contributed by atoms with E-state index in [1.807, 2.05) is 21.1 Å². The molecule has 1 radical (unpaired) electrons. The highest BCUT2D eigenvalue weighted by atomic mass is 16.6. The number of nitrogens with zero attached hydrogens (tertiary/aromatic N) is 1. The Hall–Kier alpha value is -0.830. The molecule has 0 spiro atoms. The fourth-order valence-electron chi connectivity index (χ4n) is 0.382. The van der Waals surface area contributed by atoms with Gasteiger partial charge in [-0.15, -0.1) is 0 Å². The van der Waals surface area contributed by atoms with E-state index in [2.05, 4.69) is 13.5 Å². The summed E-state index contributed by atoms with van der Waals surface area (Å²) >= 11 is 0. The number of ether oxygens (including phenoxy) is 1. The van der Waals surface area contributed by atoms with Crippen molar-refractivity contribution < 1.29 is 14.0 Å². The van der Waals surface area contributed by atoms with E-state index >= 15 is 0 Å². The molecule has 0 fully saturated rings. The van der Waals surface area contributed by atoms with E-state index in [1.165, 1.54) is 0 Å². The second-order valence-corrected chi connectivity index (χ2v) is 3.76. The summed E-state index contributed by atoms with van der Waals surface area (Å²) in [5, 5.41) is 0. The summed E-state index contributed by atoms with van der Waals surface area (Å²) < 4.78 is 5.48. The van der Waals surface area contributed by atoms with Gasteiger partial charge in [-0.3, -0.25) is 4.48 Å². The number of carbonyl (C=O) groups is 1. The van der Waals surface area contributed by atoms with Crippen LogP contribution in [-0.2, 0) is 9.53 Å². The van der Waals surface area contributed by atoms with E-state index in [-0.39, 0.29) is 5.97 Å². The molecule has 0 aliphatic heterocycles. The summed E-state index contributed by atoms with van der Waals surface area (Å²) in [5.74, 6) is -0.386. The van der Waals surface area contributed by atoms with Gasteiger partial charge in [0.25, 0.3) is 0 Å². The molecule has 0 aromatic rings. The molecular formula is C9H17NO2+. The third-order valence-electron chi connectivity index (χ3n) is 1.46. The molecule has 12 heavy (non-hydrogen) atoms. The lowest BCUT2D eigenvalue weighted by Crippen LogP contribution is -2.46. The summed E-state index contributed by atoms with van der Waals surface area (Å²) in [5.41, 5.74) is 0.400. The number of esters is 1. The Morgan fingerprint density at radius 3 is 2.08 bits per heavy atom. The van der Waals surface area contributed by atoms with Crippen LogP contribution in [0.15, 0.2) is 12.2 Å². The Labute approximate surface area is 74.2 Å². The average molecular weight is 171 g/mol. The maximum atomic E-state index is 11.0. The standard InChI is InChI=1S/C9H17NO2/c1-7(2)9(11)12-8(3)10(4,5)6/h8H,1,3H2,2,4-6H3/q+1. The van der Waals surface area contributed by atoms with Crippen LogP contribution in [0.4, 0.5) is 0 Å². The molecule has 0 aromatic carbocycles. The van der Waals surface area contributed by atoms with Gasteiger partial charge in [0.05, 0.1) is 21.1 Å². The van der Waals surface area contributed by atoms with Crippen LogP contribution in [0, 0.1) is 6.92 Å². The minimum Gasteiger partial charge on any atom is -0.409 e. The van der Waals surface area contributed by atoms with Crippen LogP contribution in [0.3, 0.4) is 0 Å². The van der Waals surface area contributed by atoms with Gasteiger partial charge < -0.3 is 4.74 Å². The van der Waals surface area contributed by atoms with E-state index in [0.29, 0.717) is 10.1 Å². The molecule has 0 aliphatic rings. The Morgan fingerprint density at radius 2 is 1.83 bits per heavy atom. The lowest BCUT2D eigenvalue weighted by Gasteiger charge is -2.30. The molecule has 0 saturated carbocycles. The molecule has 1 atom stereocenters. The topological polar surface area (TPSA) is 26.3 Å². The van der Waals surface area contributed by atoms with Crippen molar-refractivity contribution in [3.8, 4) is 0 Å². The third-order valence-corrected chi connectivity index (χ3v) is 1.46. The highest BCUT2D eigenvalue weighted by Gasteiger charge is 2.22. The minimum absolute atomic E-state index is 0.386. The first-order valence-electron chi connectivity index (χ1n) is 3.76. The normalized spacial score (nSPS) is 13.8. The fourth-order valence-corrected chi connectivity index (χ4v) is 0.382. The predicted molar refractivity (Wildman–Crippen MR) is 48.1 cm³/mol. The smallest absolute Gasteiger partial charge is 0.337 e. The molecule has 0 bridgehead atoms. The van der Waals surface area contributed by atoms with Gasteiger partial charge in [0, 0.05) is 12.5 Å². The highest BCUT2D eigenvalue weighted by Crippen LogP contribution is 2.05. The van der Waals surface area contributed by atoms with Gasteiger partial charge in [0.1, 0.15) is 0 Å². The zero-order valence-electron chi connectivity index (χ0n) is 8.26. The molecule has 0 rings (SSSR count).